The van der Waals surface area contributed by atoms with Crippen LogP contribution in [0.15, 0.2) is 199 Å². The largest absolute Gasteiger partial charge is 0.456 e. The van der Waals surface area contributed by atoms with E-state index in [9.17, 15) is 0 Å². The minimum Gasteiger partial charge on any atom is -0.456 e. The fraction of sp³-hybridized carbons (Fsp3) is 0. The zero-order valence-electron chi connectivity index (χ0n) is 29.8. The van der Waals surface area contributed by atoms with Crippen LogP contribution in [0.2, 0.25) is 0 Å². The van der Waals surface area contributed by atoms with Crippen molar-refractivity contribution >= 4 is 76.3 Å². The van der Waals surface area contributed by atoms with Gasteiger partial charge in [0, 0.05) is 43.4 Å². The molecule has 0 fully saturated rings. The Morgan fingerprint density at radius 2 is 0.836 bits per heavy atom. The predicted octanol–water partition coefficient (Wildman–Crippen LogP) is 14.3. The van der Waals surface area contributed by atoms with Crippen LogP contribution >= 0.6 is 0 Å². The standard InChI is InChI=1S/C52H32N2O/c1-2-13-35(14-3-1)53-45-22-7-4-15-39(45)41-29-27-33(31-48(41)53)34-28-30-42-40-16-5-8-23-46(40)54(49(42)32-34)47-24-11-19-36-37(18-10-20-38(36)47)43-21-12-26-51-52(43)44-17-6-9-25-50(44)55-51/h1-32H. The monoisotopic (exact) mass is 700 g/mol. The summed E-state index contributed by atoms with van der Waals surface area (Å²) < 4.78 is 11.2. The summed E-state index contributed by atoms with van der Waals surface area (Å²) >= 11 is 0. The Bertz CT molecular complexity index is 3490. The molecule has 256 valence electrons. The Labute approximate surface area is 316 Å². The van der Waals surface area contributed by atoms with Crippen LogP contribution < -0.4 is 0 Å². The lowest BCUT2D eigenvalue weighted by Crippen LogP contribution is -1.96. The fourth-order valence-electron chi connectivity index (χ4n) is 9.14. The third-order valence-electron chi connectivity index (χ3n) is 11.5. The van der Waals surface area contributed by atoms with E-state index in [2.05, 4.69) is 197 Å². The molecule has 0 aliphatic carbocycles. The van der Waals surface area contributed by atoms with Crippen LogP contribution in [-0.2, 0) is 0 Å². The number of para-hydroxylation sites is 4. The summed E-state index contributed by atoms with van der Waals surface area (Å²) in [5, 5.41) is 9.69. The maximum Gasteiger partial charge on any atom is 0.136 e. The van der Waals surface area contributed by atoms with Crippen LogP contribution in [0.4, 0.5) is 0 Å². The highest BCUT2D eigenvalue weighted by Gasteiger charge is 2.19. The van der Waals surface area contributed by atoms with Crippen LogP contribution in [0.25, 0.3) is 110 Å². The summed E-state index contributed by atoms with van der Waals surface area (Å²) in [6.07, 6.45) is 0. The van der Waals surface area contributed by atoms with Crippen molar-refractivity contribution in [1.29, 1.82) is 0 Å². The summed E-state index contributed by atoms with van der Waals surface area (Å²) in [4.78, 5) is 0. The molecule has 3 aromatic heterocycles. The fourth-order valence-corrected chi connectivity index (χ4v) is 9.14. The lowest BCUT2D eigenvalue weighted by Gasteiger charge is -2.15. The van der Waals surface area contributed by atoms with Gasteiger partial charge in [0.25, 0.3) is 0 Å². The van der Waals surface area contributed by atoms with Gasteiger partial charge >= 0.3 is 0 Å². The van der Waals surface area contributed by atoms with E-state index in [0.717, 1.165) is 33.3 Å². The van der Waals surface area contributed by atoms with Crippen molar-refractivity contribution in [2.75, 3.05) is 0 Å². The van der Waals surface area contributed by atoms with Gasteiger partial charge in [-0.25, -0.2) is 0 Å². The first kappa shape index (κ1) is 30.1. The number of benzene rings is 9. The Morgan fingerprint density at radius 1 is 0.309 bits per heavy atom. The van der Waals surface area contributed by atoms with Crippen molar-refractivity contribution in [2.24, 2.45) is 0 Å². The molecule has 3 nitrogen and oxygen atoms in total. The van der Waals surface area contributed by atoms with Crippen LogP contribution in [-0.4, -0.2) is 9.13 Å². The van der Waals surface area contributed by atoms with E-state index in [1.807, 2.05) is 6.07 Å². The van der Waals surface area contributed by atoms with Gasteiger partial charge in [-0.3, -0.25) is 0 Å². The molecule has 55 heavy (non-hydrogen) atoms. The first-order chi connectivity index (χ1) is 27.3. The van der Waals surface area contributed by atoms with E-state index < -0.39 is 0 Å². The van der Waals surface area contributed by atoms with Crippen molar-refractivity contribution in [3.8, 4) is 33.6 Å². The highest BCUT2D eigenvalue weighted by Crippen LogP contribution is 2.43. The van der Waals surface area contributed by atoms with Crippen LogP contribution in [0, 0.1) is 0 Å². The molecule has 0 amide bonds. The zero-order chi connectivity index (χ0) is 36.0. The second-order valence-electron chi connectivity index (χ2n) is 14.5. The summed E-state index contributed by atoms with van der Waals surface area (Å²) in [6, 6.07) is 70.3. The highest BCUT2D eigenvalue weighted by molar-refractivity contribution is 6.17. The third-order valence-corrected chi connectivity index (χ3v) is 11.5. The normalized spacial score (nSPS) is 12.0. The molecule has 12 rings (SSSR count). The third kappa shape index (κ3) is 4.38. The number of furan rings is 1. The van der Waals surface area contributed by atoms with E-state index in [4.69, 9.17) is 4.42 Å². The molecule has 0 unspecified atom stereocenters. The van der Waals surface area contributed by atoms with E-state index >= 15 is 0 Å². The Balaban J connectivity index is 1.09. The molecule has 12 aromatic rings. The molecular weight excluding hydrogens is 669 g/mol. The van der Waals surface area contributed by atoms with Crippen molar-refractivity contribution in [2.45, 2.75) is 0 Å². The number of hydrogen-bond acceptors (Lipinski definition) is 1. The van der Waals surface area contributed by atoms with Gasteiger partial charge in [0.05, 0.1) is 27.8 Å². The topological polar surface area (TPSA) is 23.0 Å². The molecule has 9 aromatic carbocycles. The minimum absolute atomic E-state index is 0.907. The average molecular weight is 701 g/mol. The molecule has 0 N–H and O–H groups in total. The zero-order valence-corrected chi connectivity index (χ0v) is 29.8. The molecule has 0 radical (unpaired) electrons. The predicted molar refractivity (Wildman–Crippen MR) is 231 cm³/mol. The molecule has 0 saturated heterocycles. The summed E-state index contributed by atoms with van der Waals surface area (Å²) in [5.74, 6) is 0. The maximum absolute atomic E-state index is 6.32. The van der Waals surface area contributed by atoms with Gasteiger partial charge in [0.15, 0.2) is 0 Å². The molecule has 0 spiro atoms. The number of hydrogen-bond donors (Lipinski definition) is 0. The summed E-state index contributed by atoms with van der Waals surface area (Å²) in [7, 11) is 0. The van der Waals surface area contributed by atoms with E-state index in [0.29, 0.717) is 0 Å². The maximum atomic E-state index is 6.32. The summed E-state index contributed by atoms with van der Waals surface area (Å²) in [6.45, 7) is 0. The van der Waals surface area contributed by atoms with Crippen molar-refractivity contribution < 1.29 is 4.42 Å². The highest BCUT2D eigenvalue weighted by atomic mass is 16.3. The summed E-state index contributed by atoms with van der Waals surface area (Å²) in [5.41, 5.74) is 13.7. The average Bonchev–Trinajstić information content (AvgIpc) is 3.91. The van der Waals surface area contributed by atoms with Crippen molar-refractivity contribution in [3.05, 3.63) is 194 Å². The Kier molecular flexibility index (Phi) is 6.34. The smallest absolute Gasteiger partial charge is 0.136 e. The van der Waals surface area contributed by atoms with Crippen molar-refractivity contribution in [3.63, 3.8) is 0 Å². The molecular formula is C52H32N2O. The number of fused-ring (bicyclic) bond motifs is 10. The quantitative estimate of drug-likeness (QED) is 0.179. The molecule has 3 heteroatoms. The molecule has 0 atom stereocenters. The first-order valence-electron chi connectivity index (χ1n) is 18.9. The number of aromatic nitrogens is 2. The van der Waals surface area contributed by atoms with Gasteiger partial charge in [-0.2, -0.15) is 0 Å². The second-order valence-corrected chi connectivity index (χ2v) is 14.5. The second kappa shape index (κ2) is 11.6. The number of rotatable bonds is 4. The van der Waals surface area contributed by atoms with E-state index in [1.165, 1.54) is 76.6 Å². The molecule has 3 heterocycles. The Morgan fingerprint density at radius 3 is 1.60 bits per heavy atom. The van der Waals surface area contributed by atoms with Gasteiger partial charge in [-0.15, -0.1) is 0 Å². The SMILES string of the molecule is c1ccc(-n2c3ccccc3c3ccc(-c4ccc5c6ccccc6n(-c6cccc7c(-c8cccc9oc%10ccccc%10c89)cccc67)c5c4)cc32)cc1. The Hall–Kier alpha value is -7.36. The lowest BCUT2D eigenvalue weighted by atomic mass is 9.94. The van der Waals surface area contributed by atoms with Gasteiger partial charge in [0.2, 0.25) is 0 Å². The van der Waals surface area contributed by atoms with Crippen LogP contribution in [0.1, 0.15) is 0 Å². The van der Waals surface area contributed by atoms with E-state index in [-0.39, 0.29) is 0 Å². The van der Waals surface area contributed by atoms with Gasteiger partial charge in [0.1, 0.15) is 11.2 Å². The molecule has 0 aliphatic rings. The molecule has 0 saturated carbocycles. The van der Waals surface area contributed by atoms with Crippen LogP contribution in [0.5, 0.6) is 0 Å². The number of nitrogens with zero attached hydrogens (tertiary/aromatic N) is 2. The van der Waals surface area contributed by atoms with Gasteiger partial charge in [-0.1, -0.05) is 140 Å². The van der Waals surface area contributed by atoms with Crippen molar-refractivity contribution in [1.82, 2.24) is 9.13 Å². The van der Waals surface area contributed by atoms with Gasteiger partial charge < -0.3 is 13.6 Å². The lowest BCUT2D eigenvalue weighted by molar-refractivity contribution is 0.669. The molecule has 0 bridgehead atoms. The first-order valence-corrected chi connectivity index (χ1v) is 18.9. The van der Waals surface area contributed by atoms with Crippen LogP contribution in [0.3, 0.4) is 0 Å². The van der Waals surface area contributed by atoms with Gasteiger partial charge in [-0.05, 0) is 82.2 Å². The van der Waals surface area contributed by atoms with E-state index in [1.54, 1.807) is 0 Å². The molecule has 0 aliphatic heterocycles. The minimum atomic E-state index is 0.907.